The summed E-state index contributed by atoms with van der Waals surface area (Å²) in [6, 6.07) is 7.78. The first-order valence-electron chi connectivity index (χ1n) is 7.84. The predicted molar refractivity (Wildman–Crippen MR) is 89.5 cm³/mol. The van der Waals surface area contributed by atoms with Gasteiger partial charge in [0.2, 0.25) is 5.91 Å². The highest BCUT2D eigenvalue weighted by Gasteiger charge is 2.33. The molecule has 0 bridgehead atoms. The van der Waals surface area contributed by atoms with Gasteiger partial charge >= 0.3 is 0 Å². The Bertz CT molecular complexity index is 816. The van der Waals surface area contributed by atoms with Crippen LogP contribution in [0.3, 0.4) is 0 Å². The summed E-state index contributed by atoms with van der Waals surface area (Å²) in [5, 5.41) is 6.13. The molecule has 1 aliphatic heterocycles. The second-order valence-corrected chi connectivity index (χ2v) is 6.80. The molecular weight excluding hydrogens is 324 g/mol. The smallest absolute Gasteiger partial charge is 0.258 e. The van der Waals surface area contributed by atoms with Crippen molar-refractivity contribution in [1.82, 2.24) is 20.0 Å². The van der Waals surface area contributed by atoms with Crippen molar-refractivity contribution in [2.75, 3.05) is 13.1 Å². The molecule has 4 heterocycles. The van der Waals surface area contributed by atoms with E-state index in [9.17, 15) is 4.79 Å². The van der Waals surface area contributed by atoms with Crippen molar-refractivity contribution in [2.45, 2.75) is 18.8 Å². The van der Waals surface area contributed by atoms with Gasteiger partial charge in [-0.2, -0.15) is 4.98 Å². The first-order valence-corrected chi connectivity index (χ1v) is 8.72. The predicted octanol–water partition coefficient (Wildman–Crippen LogP) is 2.75. The summed E-state index contributed by atoms with van der Waals surface area (Å²) >= 11 is 1.72. The van der Waals surface area contributed by atoms with Gasteiger partial charge in [0.15, 0.2) is 5.82 Å². The Labute approximate surface area is 143 Å². The summed E-state index contributed by atoms with van der Waals surface area (Å²) in [7, 11) is 0. The molecule has 0 aromatic carbocycles. The molecule has 0 N–H and O–H groups in total. The third-order valence-electron chi connectivity index (χ3n) is 4.16. The summed E-state index contributed by atoms with van der Waals surface area (Å²) in [4.78, 5) is 23.9. The van der Waals surface area contributed by atoms with Gasteiger partial charge in [0.05, 0.1) is 0 Å². The average molecular weight is 340 g/mol. The van der Waals surface area contributed by atoms with Crippen molar-refractivity contribution in [3.63, 3.8) is 0 Å². The average Bonchev–Trinajstić information content (AvgIpc) is 3.35. The summed E-state index contributed by atoms with van der Waals surface area (Å²) in [5.41, 5.74) is 0.836. The quantitative estimate of drug-likeness (QED) is 0.714. The van der Waals surface area contributed by atoms with Gasteiger partial charge in [0.1, 0.15) is 0 Å². The van der Waals surface area contributed by atoms with Crippen LogP contribution in [-0.2, 0) is 11.2 Å². The summed E-state index contributed by atoms with van der Waals surface area (Å²) in [6.45, 7) is 1.39. The van der Waals surface area contributed by atoms with E-state index in [1.807, 2.05) is 23.1 Å². The van der Waals surface area contributed by atoms with Gasteiger partial charge in [0.25, 0.3) is 5.89 Å². The molecule has 0 saturated carbocycles. The molecule has 1 fully saturated rings. The molecule has 1 unspecified atom stereocenters. The fraction of sp³-hybridized carbons (Fsp3) is 0.294. The van der Waals surface area contributed by atoms with E-state index in [1.54, 1.807) is 23.7 Å². The highest BCUT2D eigenvalue weighted by molar-refractivity contribution is 7.09. The fourth-order valence-corrected chi connectivity index (χ4v) is 3.57. The monoisotopic (exact) mass is 340 g/mol. The number of amides is 1. The Morgan fingerprint density at radius 1 is 1.29 bits per heavy atom. The van der Waals surface area contributed by atoms with Gasteiger partial charge in [-0.25, -0.2) is 0 Å². The van der Waals surface area contributed by atoms with Gasteiger partial charge in [-0.3, -0.25) is 9.78 Å². The Balaban J connectivity index is 1.42. The van der Waals surface area contributed by atoms with Crippen molar-refractivity contribution < 1.29 is 9.32 Å². The topological polar surface area (TPSA) is 72.1 Å². The Morgan fingerprint density at radius 3 is 2.96 bits per heavy atom. The van der Waals surface area contributed by atoms with E-state index in [-0.39, 0.29) is 11.8 Å². The van der Waals surface area contributed by atoms with Crippen LogP contribution in [0.1, 0.15) is 23.0 Å². The molecule has 7 heteroatoms. The molecule has 3 aromatic heterocycles. The molecule has 6 nitrogen and oxygen atoms in total. The van der Waals surface area contributed by atoms with Crippen LogP contribution in [0.2, 0.25) is 0 Å². The van der Waals surface area contributed by atoms with E-state index in [4.69, 9.17) is 4.52 Å². The van der Waals surface area contributed by atoms with E-state index >= 15 is 0 Å². The largest absolute Gasteiger partial charge is 0.342 e. The van der Waals surface area contributed by atoms with Crippen LogP contribution in [0.5, 0.6) is 0 Å². The number of nitrogens with zero attached hydrogens (tertiary/aromatic N) is 4. The van der Waals surface area contributed by atoms with Crippen molar-refractivity contribution in [3.8, 4) is 11.5 Å². The van der Waals surface area contributed by atoms with Gasteiger partial charge in [-0.1, -0.05) is 11.2 Å². The van der Waals surface area contributed by atoms with Gasteiger partial charge < -0.3 is 9.42 Å². The highest BCUT2D eigenvalue weighted by Crippen LogP contribution is 2.28. The first kappa shape index (κ1) is 15.0. The van der Waals surface area contributed by atoms with E-state index in [0.29, 0.717) is 24.7 Å². The van der Waals surface area contributed by atoms with Crippen molar-refractivity contribution in [3.05, 3.63) is 52.7 Å². The first-order chi connectivity index (χ1) is 11.8. The number of rotatable bonds is 5. The number of carbonyl (C=O) groups excluding carboxylic acids is 1. The molecule has 122 valence electrons. The standard InChI is InChI=1S/C17H16N4O2S/c22-15-10-13(11-21(15)8-5-14-2-1-9-24-14)16-19-17(23-20-16)12-3-6-18-7-4-12/h1-4,6-7,9,13H,5,8,10-11H2. The van der Waals surface area contributed by atoms with Crippen LogP contribution in [0, 0.1) is 0 Å². The third-order valence-corrected chi connectivity index (χ3v) is 5.09. The Morgan fingerprint density at radius 2 is 2.17 bits per heavy atom. The number of pyridine rings is 1. The van der Waals surface area contributed by atoms with Crippen molar-refractivity contribution in [1.29, 1.82) is 0 Å². The minimum absolute atomic E-state index is 0.000160. The van der Waals surface area contributed by atoms with Gasteiger partial charge in [0, 0.05) is 48.3 Å². The van der Waals surface area contributed by atoms with Crippen LogP contribution in [-0.4, -0.2) is 39.0 Å². The van der Waals surface area contributed by atoms with Gasteiger partial charge in [-0.15, -0.1) is 11.3 Å². The second kappa shape index (κ2) is 6.52. The molecule has 3 aromatic rings. The molecule has 1 saturated heterocycles. The zero-order valence-corrected chi connectivity index (χ0v) is 13.8. The number of aromatic nitrogens is 3. The Hall–Kier alpha value is -2.54. The van der Waals surface area contributed by atoms with Crippen LogP contribution < -0.4 is 0 Å². The molecular formula is C17H16N4O2S. The molecule has 1 amide bonds. The van der Waals surface area contributed by atoms with E-state index in [1.165, 1.54) is 4.88 Å². The minimum atomic E-state index is 0.000160. The SMILES string of the molecule is O=C1CC(c2noc(-c3ccncc3)n2)CN1CCc1cccs1. The molecule has 0 spiro atoms. The minimum Gasteiger partial charge on any atom is -0.342 e. The normalized spacial score (nSPS) is 17.6. The fourth-order valence-electron chi connectivity index (χ4n) is 2.87. The maximum atomic E-state index is 12.2. The van der Waals surface area contributed by atoms with Crippen LogP contribution >= 0.6 is 11.3 Å². The van der Waals surface area contributed by atoms with E-state index in [0.717, 1.165) is 18.5 Å². The number of hydrogen-bond donors (Lipinski definition) is 0. The zero-order chi connectivity index (χ0) is 16.4. The van der Waals surface area contributed by atoms with Crippen LogP contribution in [0.25, 0.3) is 11.5 Å². The van der Waals surface area contributed by atoms with Crippen LogP contribution in [0.15, 0.2) is 46.6 Å². The number of hydrogen-bond acceptors (Lipinski definition) is 6. The Kier molecular flexibility index (Phi) is 4.08. The maximum Gasteiger partial charge on any atom is 0.258 e. The number of thiophene rings is 1. The third kappa shape index (κ3) is 3.07. The molecule has 0 aliphatic carbocycles. The summed E-state index contributed by atoms with van der Waals surface area (Å²) in [6.07, 6.45) is 4.71. The van der Waals surface area contributed by atoms with Crippen molar-refractivity contribution in [2.24, 2.45) is 0 Å². The van der Waals surface area contributed by atoms with E-state index < -0.39 is 0 Å². The molecule has 4 rings (SSSR count). The summed E-state index contributed by atoms with van der Waals surface area (Å²) < 4.78 is 5.34. The molecule has 1 atom stereocenters. The van der Waals surface area contributed by atoms with Crippen LogP contribution in [0.4, 0.5) is 0 Å². The zero-order valence-electron chi connectivity index (χ0n) is 13.0. The molecule has 0 radical (unpaired) electrons. The summed E-state index contributed by atoms with van der Waals surface area (Å²) in [5.74, 6) is 1.23. The highest BCUT2D eigenvalue weighted by atomic mass is 32.1. The van der Waals surface area contributed by atoms with Gasteiger partial charge in [-0.05, 0) is 30.0 Å². The van der Waals surface area contributed by atoms with Crippen molar-refractivity contribution >= 4 is 17.2 Å². The second-order valence-electron chi connectivity index (χ2n) is 5.76. The lowest BCUT2D eigenvalue weighted by Crippen LogP contribution is -2.27. The maximum absolute atomic E-state index is 12.2. The molecule has 24 heavy (non-hydrogen) atoms. The lowest BCUT2D eigenvalue weighted by atomic mass is 10.1. The number of carbonyl (C=O) groups is 1. The van der Waals surface area contributed by atoms with E-state index in [2.05, 4.69) is 26.6 Å². The lowest BCUT2D eigenvalue weighted by Gasteiger charge is -2.15. The molecule has 1 aliphatic rings. The number of likely N-dealkylation sites (tertiary alicyclic amines) is 1. The lowest BCUT2D eigenvalue weighted by molar-refractivity contribution is -0.127.